The van der Waals surface area contributed by atoms with E-state index in [1.807, 2.05) is 44.4 Å². The zero-order valence-electron chi connectivity index (χ0n) is 14.8. The average Bonchev–Trinajstić information content (AvgIpc) is 2.56. The smallest absolute Gasteiger partial charge is 0.137 e. The van der Waals surface area contributed by atoms with Gasteiger partial charge in [-0.15, -0.1) is 0 Å². The molecule has 2 aromatic carbocycles. The number of benzene rings is 2. The lowest BCUT2D eigenvalue weighted by Crippen LogP contribution is -2.25. The highest BCUT2D eigenvalue weighted by Crippen LogP contribution is 2.26. The predicted octanol–water partition coefficient (Wildman–Crippen LogP) is 4.44. The summed E-state index contributed by atoms with van der Waals surface area (Å²) < 4.78 is 6.09. The van der Waals surface area contributed by atoms with E-state index >= 15 is 0 Å². The molecule has 0 spiro atoms. The van der Waals surface area contributed by atoms with Crippen molar-refractivity contribution in [1.82, 2.24) is 9.80 Å². The zero-order chi connectivity index (χ0) is 17.4. The lowest BCUT2D eigenvalue weighted by Gasteiger charge is -2.26. The molecule has 3 nitrogen and oxygen atoms in total. The highest BCUT2D eigenvalue weighted by molar-refractivity contribution is 6.31. The lowest BCUT2D eigenvalue weighted by molar-refractivity contribution is -0.0409. The van der Waals surface area contributed by atoms with Crippen LogP contribution in [0.2, 0.25) is 5.02 Å². The van der Waals surface area contributed by atoms with Crippen LogP contribution in [0.25, 0.3) is 0 Å². The second-order valence-electron chi connectivity index (χ2n) is 6.29. The van der Waals surface area contributed by atoms with E-state index in [9.17, 15) is 0 Å². The van der Waals surface area contributed by atoms with Crippen molar-refractivity contribution in [2.75, 3.05) is 34.3 Å². The largest absolute Gasteiger partial charge is 0.359 e. The summed E-state index contributed by atoms with van der Waals surface area (Å²) in [5, 5.41) is 0.748. The molecule has 130 valence electrons. The Kier molecular flexibility index (Phi) is 7.73. The molecular weight excluding hydrogens is 320 g/mol. The molecule has 0 aliphatic heterocycles. The van der Waals surface area contributed by atoms with Gasteiger partial charge in [0.2, 0.25) is 0 Å². The van der Waals surface area contributed by atoms with Crippen LogP contribution < -0.4 is 0 Å². The Morgan fingerprint density at radius 1 is 0.958 bits per heavy atom. The van der Waals surface area contributed by atoms with Crippen LogP contribution in [0.1, 0.15) is 23.8 Å². The molecule has 2 rings (SSSR count). The Balaban J connectivity index is 1.78. The van der Waals surface area contributed by atoms with Crippen LogP contribution >= 0.6 is 11.6 Å². The van der Waals surface area contributed by atoms with Gasteiger partial charge in [-0.05, 0) is 39.2 Å². The molecule has 1 atom stereocenters. The summed E-state index contributed by atoms with van der Waals surface area (Å²) in [6.07, 6.45) is 0.871. The normalized spacial score (nSPS) is 12.8. The molecule has 1 unspecified atom stereocenters. The number of rotatable bonds is 9. The standard InChI is InChI=1S/C20H27ClN2O/c1-22(2)20(18-12-7-8-13-19(18)21)24-15-9-14-23(3)16-17-10-5-4-6-11-17/h4-8,10-13,20H,9,14-16H2,1-3H3. The quantitative estimate of drug-likeness (QED) is 0.493. The van der Waals surface area contributed by atoms with Crippen LogP contribution in [0.4, 0.5) is 0 Å². The van der Waals surface area contributed by atoms with Crippen molar-refractivity contribution in [2.24, 2.45) is 0 Å². The third-order valence-electron chi connectivity index (χ3n) is 3.90. The molecule has 0 heterocycles. The van der Waals surface area contributed by atoms with Gasteiger partial charge in [0.05, 0.1) is 6.61 Å². The second kappa shape index (κ2) is 9.80. The van der Waals surface area contributed by atoms with Crippen molar-refractivity contribution in [3.05, 3.63) is 70.7 Å². The van der Waals surface area contributed by atoms with Crippen molar-refractivity contribution >= 4 is 11.6 Å². The van der Waals surface area contributed by atoms with Crippen LogP contribution in [0, 0.1) is 0 Å². The molecule has 0 amide bonds. The number of ether oxygens (including phenoxy) is 1. The molecule has 0 saturated heterocycles. The summed E-state index contributed by atoms with van der Waals surface area (Å²) in [6.45, 7) is 2.66. The molecule has 0 radical (unpaired) electrons. The van der Waals surface area contributed by atoms with Crippen molar-refractivity contribution in [3.63, 3.8) is 0 Å². The van der Waals surface area contributed by atoms with E-state index in [2.05, 4.69) is 41.1 Å². The Bertz CT molecular complexity index is 604. The maximum atomic E-state index is 6.30. The minimum Gasteiger partial charge on any atom is -0.359 e. The molecule has 0 aliphatic carbocycles. The van der Waals surface area contributed by atoms with Crippen molar-refractivity contribution in [2.45, 2.75) is 19.2 Å². The highest BCUT2D eigenvalue weighted by Gasteiger charge is 2.17. The summed E-state index contributed by atoms with van der Waals surface area (Å²) in [7, 11) is 6.16. The van der Waals surface area contributed by atoms with Crippen molar-refractivity contribution in [3.8, 4) is 0 Å². The minimum atomic E-state index is -0.113. The van der Waals surface area contributed by atoms with E-state index in [1.54, 1.807) is 0 Å². The van der Waals surface area contributed by atoms with Crippen LogP contribution in [0.5, 0.6) is 0 Å². The number of nitrogens with zero attached hydrogens (tertiary/aromatic N) is 2. The van der Waals surface area contributed by atoms with Crippen LogP contribution in [0.3, 0.4) is 0 Å². The van der Waals surface area contributed by atoms with Gasteiger partial charge in [0, 0.05) is 23.7 Å². The molecule has 0 bridgehead atoms. The van der Waals surface area contributed by atoms with Crippen molar-refractivity contribution < 1.29 is 4.74 Å². The molecule has 4 heteroatoms. The predicted molar refractivity (Wildman–Crippen MR) is 101 cm³/mol. The molecular formula is C20H27ClN2O. The monoisotopic (exact) mass is 346 g/mol. The van der Waals surface area contributed by atoms with Gasteiger partial charge in [-0.3, -0.25) is 4.90 Å². The molecule has 0 N–H and O–H groups in total. The summed E-state index contributed by atoms with van der Waals surface area (Å²) in [5.41, 5.74) is 2.35. The van der Waals surface area contributed by atoms with Gasteiger partial charge in [0.15, 0.2) is 0 Å². The first-order valence-corrected chi connectivity index (χ1v) is 8.70. The fourth-order valence-corrected chi connectivity index (χ4v) is 2.93. The Morgan fingerprint density at radius 3 is 2.29 bits per heavy atom. The molecule has 0 fully saturated rings. The molecule has 24 heavy (non-hydrogen) atoms. The van der Waals surface area contributed by atoms with E-state index in [1.165, 1.54) is 5.56 Å². The maximum Gasteiger partial charge on any atom is 0.137 e. The van der Waals surface area contributed by atoms with Gasteiger partial charge in [-0.25, -0.2) is 0 Å². The second-order valence-corrected chi connectivity index (χ2v) is 6.69. The van der Waals surface area contributed by atoms with Gasteiger partial charge < -0.3 is 9.64 Å². The van der Waals surface area contributed by atoms with Gasteiger partial charge in [0.25, 0.3) is 0 Å². The van der Waals surface area contributed by atoms with Crippen LogP contribution in [0.15, 0.2) is 54.6 Å². The van der Waals surface area contributed by atoms with Crippen LogP contribution in [-0.4, -0.2) is 44.1 Å². The van der Waals surface area contributed by atoms with Crippen LogP contribution in [-0.2, 0) is 11.3 Å². The van der Waals surface area contributed by atoms with Crippen molar-refractivity contribution in [1.29, 1.82) is 0 Å². The fraction of sp³-hybridized carbons (Fsp3) is 0.400. The number of halogens is 1. The van der Waals surface area contributed by atoms with E-state index in [0.717, 1.165) is 30.1 Å². The molecule has 2 aromatic rings. The van der Waals surface area contributed by atoms with Gasteiger partial charge >= 0.3 is 0 Å². The SMILES string of the molecule is CN(CCCOC(c1ccccc1Cl)N(C)C)Cc1ccccc1. The molecule has 0 aliphatic rings. The van der Waals surface area contributed by atoms with Gasteiger partial charge in [-0.2, -0.15) is 0 Å². The van der Waals surface area contributed by atoms with Gasteiger partial charge in [-0.1, -0.05) is 60.1 Å². The fourth-order valence-electron chi connectivity index (χ4n) is 2.70. The van der Waals surface area contributed by atoms with E-state index in [0.29, 0.717) is 6.61 Å². The molecule has 0 saturated carbocycles. The highest BCUT2D eigenvalue weighted by atomic mass is 35.5. The first-order chi connectivity index (χ1) is 11.6. The van der Waals surface area contributed by atoms with E-state index < -0.39 is 0 Å². The summed E-state index contributed by atoms with van der Waals surface area (Å²) in [4.78, 5) is 4.37. The average molecular weight is 347 g/mol. The summed E-state index contributed by atoms with van der Waals surface area (Å²) >= 11 is 6.30. The van der Waals surface area contributed by atoms with E-state index in [4.69, 9.17) is 16.3 Å². The zero-order valence-corrected chi connectivity index (χ0v) is 15.5. The number of hydrogen-bond acceptors (Lipinski definition) is 3. The van der Waals surface area contributed by atoms with Gasteiger partial charge in [0.1, 0.15) is 6.23 Å². The minimum absolute atomic E-state index is 0.113. The first-order valence-electron chi connectivity index (χ1n) is 8.33. The molecule has 0 aromatic heterocycles. The third kappa shape index (κ3) is 5.91. The number of hydrogen-bond donors (Lipinski definition) is 0. The maximum absolute atomic E-state index is 6.30. The Labute approximate surface area is 150 Å². The summed E-state index contributed by atoms with van der Waals surface area (Å²) in [6, 6.07) is 18.4. The Hall–Kier alpha value is -1.39. The third-order valence-corrected chi connectivity index (χ3v) is 4.24. The topological polar surface area (TPSA) is 15.7 Å². The lowest BCUT2D eigenvalue weighted by atomic mass is 10.2. The first kappa shape index (κ1) is 18.9. The van der Waals surface area contributed by atoms with E-state index in [-0.39, 0.29) is 6.23 Å². The summed E-state index contributed by atoms with van der Waals surface area (Å²) in [5.74, 6) is 0. The Morgan fingerprint density at radius 2 is 1.62 bits per heavy atom.